The Morgan fingerprint density at radius 3 is 2.64 bits per heavy atom. The fourth-order valence-electron chi connectivity index (χ4n) is 2.17. The van der Waals surface area contributed by atoms with Crippen LogP contribution in [0.2, 0.25) is 0 Å². The summed E-state index contributed by atoms with van der Waals surface area (Å²) in [5.74, 6) is 1.05. The standard InChI is InChI=1S/C19H21BrN4O3S/c1-5-6-27-17-9-15(20)14(8-16(17)26-4)10-21-24-18(25)11-28-19-22-12(2)7-13(3)23-19/h5,7-10H,1,6,11H2,2-4H3,(H,24,25)/b21-10-. The van der Waals surface area contributed by atoms with E-state index in [1.165, 1.54) is 18.0 Å². The maximum Gasteiger partial charge on any atom is 0.250 e. The molecule has 1 amide bonds. The second-order valence-electron chi connectivity index (χ2n) is 5.64. The van der Waals surface area contributed by atoms with Crippen LogP contribution in [0, 0.1) is 13.8 Å². The first-order valence-electron chi connectivity index (χ1n) is 8.31. The molecular formula is C19H21BrN4O3S. The summed E-state index contributed by atoms with van der Waals surface area (Å²) in [6, 6.07) is 5.42. The van der Waals surface area contributed by atoms with Crippen LogP contribution in [0.25, 0.3) is 0 Å². The zero-order valence-corrected chi connectivity index (χ0v) is 18.3. The van der Waals surface area contributed by atoms with E-state index in [4.69, 9.17) is 9.47 Å². The predicted molar refractivity (Wildman–Crippen MR) is 114 cm³/mol. The van der Waals surface area contributed by atoms with Gasteiger partial charge in [0, 0.05) is 21.4 Å². The number of carbonyl (C=O) groups is 1. The summed E-state index contributed by atoms with van der Waals surface area (Å²) in [7, 11) is 1.55. The molecule has 9 heteroatoms. The van der Waals surface area contributed by atoms with E-state index in [2.05, 4.69) is 43.0 Å². The molecule has 0 aliphatic heterocycles. The zero-order chi connectivity index (χ0) is 20.5. The van der Waals surface area contributed by atoms with E-state index < -0.39 is 0 Å². The number of nitrogens with one attached hydrogen (secondary N) is 1. The molecule has 0 radical (unpaired) electrons. The highest BCUT2D eigenvalue weighted by molar-refractivity contribution is 9.10. The van der Waals surface area contributed by atoms with E-state index in [0.29, 0.717) is 23.3 Å². The first-order valence-corrected chi connectivity index (χ1v) is 10.1. The number of nitrogens with zero attached hydrogens (tertiary/aromatic N) is 3. The molecule has 1 heterocycles. The molecule has 0 atom stereocenters. The number of hydrazone groups is 1. The fraction of sp³-hybridized carbons (Fsp3) is 0.263. The van der Waals surface area contributed by atoms with E-state index in [-0.39, 0.29) is 11.7 Å². The van der Waals surface area contributed by atoms with Gasteiger partial charge in [0.2, 0.25) is 0 Å². The van der Waals surface area contributed by atoms with Crippen molar-refractivity contribution in [3.05, 3.63) is 52.3 Å². The third kappa shape index (κ3) is 6.65. The minimum absolute atomic E-state index is 0.166. The highest BCUT2D eigenvalue weighted by Gasteiger charge is 2.09. The summed E-state index contributed by atoms with van der Waals surface area (Å²) in [6.07, 6.45) is 3.18. The van der Waals surface area contributed by atoms with Gasteiger partial charge in [-0.25, -0.2) is 15.4 Å². The molecule has 0 spiro atoms. The first kappa shape index (κ1) is 21.9. The minimum atomic E-state index is -0.252. The third-order valence-electron chi connectivity index (χ3n) is 3.33. The average Bonchev–Trinajstić information content (AvgIpc) is 2.65. The summed E-state index contributed by atoms with van der Waals surface area (Å²) in [6.45, 7) is 7.78. The Kier molecular flexibility index (Phi) is 8.46. The Morgan fingerprint density at radius 1 is 1.29 bits per heavy atom. The molecule has 7 nitrogen and oxygen atoms in total. The van der Waals surface area contributed by atoms with Crippen LogP contribution in [0.15, 0.2) is 45.6 Å². The fourth-order valence-corrected chi connectivity index (χ4v) is 3.33. The number of halogens is 1. The van der Waals surface area contributed by atoms with Gasteiger partial charge in [0.15, 0.2) is 16.7 Å². The molecule has 0 saturated heterocycles. The molecule has 0 aliphatic rings. The van der Waals surface area contributed by atoms with Gasteiger partial charge < -0.3 is 9.47 Å². The maximum absolute atomic E-state index is 12.0. The number of benzene rings is 1. The van der Waals surface area contributed by atoms with Crippen molar-refractivity contribution in [1.29, 1.82) is 0 Å². The molecule has 148 valence electrons. The molecule has 0 saturated carbocycles. The molecule has 1 N–H and O–H groups in total. The number of amides is 1. The second-order valence-corrected chi connectivity index (χ2v) is 7.44. The predicted octanol–water partition coefficient (Wildman–Crippen LogP) is 3.67. The van der Waals surface area contributed by atoms with E-state index in [1.807, 2.05) is 19.9 Å². The lowest BCUT2D eigenvalue weighted by molar-refractivity contribution is -0.118. The van der Waals surface area contributed by atoms with Crippen LogP contribution >= 0.6 is 27.7 Å². The van der Waals surface area contributed by atoms with E-state index in [0.717, 1.165) is 21.4 Å². The largest absolute Gasteiger partial charge is 0.493 e. The number of hydrogen-bond acceptors (Lipinski definition) is 7. The smallest absolute Gasteiger partial charge is 0.250 e. The number of thioether (sulfide) groups is 1. The van der Waals surface area contributed by atoms with Crippen molar-refractivity contribution < 1.29 is 14.3 Å². The van der Waals surface area contributed by atoms with Crippen molar-refractivity contribution >= 4 is 39.8 Å². The zero-order valence-electron chi connectivity index (χ0n) is 15.9. The van der Waals surface area contributed by atoms with Gasteiger partial charge in [-0.3, -0.25) is 4.79 Å². The first-order chi connectivity index (χ1) is 13.4. The molecule has 28 heavy (non-hydrogen) atoms. The molecule has 0 unspecified atom stereocenters. The van der Waals surface area contributed by atoms with Crippen LogP contribution in [-0.2, 0) is 4.79 Å². The quantitative estimate of drug-likeness (QED) is 0.200. The van der Waals surface area contributed by atoms with Crippen molar-refractivity contribution in [1.82, 2.24) is 15.4 Å². The number of methoxy groups -OCH3 is 1. The Bertz CT molecular complexity index is 869. The topological polar surface area (TPSA) is 85.7 Å². The van der Waals surface area contributed by atoms with Gasteiger partial charge in [-0.2, -0.15) is 5.10 Å². The molecular weight excluding hydrogens is 444 g/mol. The molecule has 0 bridgehead atoms. The number of aromatic nitrogens is 2. The Hall–Kier alpha value is -2.39. The van der Waals surface area contributed by atoms with Gasteiger partial charge in [0.05, 0.1) is 19.1 Å². The molecule has 1 aromatic carbocycles. The second kappa shape index (κ2) is 10.8. The molecule has 0 fully saturated rings. The summed E-state index contributed by atoms with van der Waals surface area (Å²) >= 11 is 4.72. The van der Waals surface area contributed by atoms with Crippen molar-refractivity contribution in [2.24, 2.45) is 5.10 Å². The van der Waals surface area contributed by atoms with Crippen molar-refractivity contribution in [2.75, 3.05) is 19.5 Å². The minimum Gasteiger partial charge on any atom is -0.493 e. The van der Waals surface area contributed by atoms with Gasteiger partial charge in [-0.1, -0.05) is 24.4 Å². The van der Waals surface area contributed by atoms with Crippen molar-refractivity contribution in [2.45, 2.75) is 19.0 Å². The summed E-state index contributed by atoms with van der Waals surface area (Å²) in [4.78, 5) is 20.6. The summed E-state index contributed by atoms with van der Waals surface area (Å²) < 4.78 is 11.6. The van der Waals surface area contributed by atoms with E-state index in [1.54, 1.807) is 25.3 Å². The van der Waals surface area contributed by atoms with Crippen LogP contribution in [-0.4, -0.2) is 41.6 Å². The molecule has 2 aromatic rings. The third-order valence-corrected chi connectivity index (χ3v) is 4.86. The molecule has 2 rings (SSSR count). The van der Waals surface area contributed by atoms with Crippen LogP contribution in [0.3, 0.4) is 0 Å². The van der Waals surface area contributed by atoms with Gasteiger partial charge >= 0.3 is 0 Å². The highest BCUT2D eigenvalue weighted by Crippen LogP contribution is 2.32. The SMILES string of the molecule is C=CCOc1cc(Br)c(/C=N\NC(=O)CSc2nc(C)cc(C)n2)cc1OC. The highest BCUT2D eigenvalue weighted by atomic mass is 79.9. The number of ether oxygens (including phenoxy) is 2. The van der Waals surface area contributed by atoms with Gasteiger partial charge in [-0.15, -0.1) is 0 Å². The Morgan fingerprint density at radius 2 is 2.00 bits per heavy atom. The lowest BCUT2D eigenvalue weighted by Crippen LogP contribution is -2.19. The van der Waals surface area contributed by atoms with Crippen LogP contribution in [0.5, 0.6) is 11.5 Å². The van der Waals surface area contributed by atoms with Crippen LogP contribution < -0.4 is 14.9 Å². The van der Waals surface area contributed by atoms with E-state index in [9.17, 15) is 4.79 Å². The lowest BCUT2D eigenvalue weighted by Gasteiger charge is -2.11. The number of rotatable bonds is 9. The maximum atomic E-state index is 12.0. The van der Waals surface area contributed by atoms with Gasteiger partial charge in [0.25, 0.3) is 5.91 Å². The summed E-state index contributed by atoms with van der Waals surface area (Å²) in [5, 5.41) is 4.56. The van der Waals surface area contributed by atoms with Crippen LogP contribution in [0.4, 0.5) is 0 Å². The van der Waals surface area contributed by atoms with Gasteiger partial charge in [0.1, 0.15) is 6.61 Å². The monoisotopic (exact) mass is 464 g/mol. The Balaban J connectivity index is 1.95. The lowest BCUT2D eigenvalue weighted by atomic mass is 10.2. The Labute approximate surface area is 176 Å². The number of aryl methyl sites for hydroxylation is 2. The molecule has 0 aliphatic carbocycles. The summed E-state index contributed by atoms with van der Waals surface area (Å²) in [5.41, 5.74) is 4.96. The van der Waals surface area contributed by atoms with Crippen molar-refractivity contribution in [3.8, 4) is 11.5 Å². The number of carbonyl (C=O) groups excluding carboxylic acids is 1. The number of hydrogen-bond donors (Lipinski definition) is 1. The normalized spacial score (nSPS) is 10.7. The average molecular weight is 465 g/mol. The molecule has 1 aromatic heterocycles. The van der Waals surface area contributed by atoms with E-state index >= 15 is 0 Å². The van der Waals surface area contributed by atoms with Crippen LogP contribution in [0.1, 0.15) is 17.0 Å². The van der Waals surface area contributed by atoms with Crippen molar-refractivity contribution in [3.63, 3.8) is 0 Å². The van der Waals surface area contributed by atoms with Gasteiger partial charge in [-0.05, 0) is 48.0 Å².